The zero-order chi connectivity index (χ0) is 12.5. The molecule has 3 N–H and O–H groups in total. The summed E-state index contributed by atoms with van der Waals surface area (Å²) in [4.78, 5) is 0. The van der Waals surface area contributed by atoms with Gasteiger partial charge in [-0.05, 0) is 31.0 Å². The molecule has 92 valence electrons. The smallest absolute Gasteiger partial charge is 0.101 e. The number of nitrogens with one attached hydrogen (secondary N) is 1. The van der Waals surface area contributed by atoms with Gasteiger partial charge in [0.2, 0.25) is 0 Å². The highest BCUT2D eigenvalue weighted by molar-refractivity contribution is 5.62. The molecule has 0 amide bonds. The van der Waals surface area contributed by atoms with Crippen LogP contribution in [0, 0.1) is 11.3 Å². The van der Waals surface area contributed by atoms with Crippen LogP contribution in [0.2, 0.25) is 0 Å². The number of nitriles is 1. The Morgan fingerprint density at radius 2 is 2.24 bits per heavy atom. The minimum absolute atomic E-state index is 0.514. The highest BCUT2D eigenvalue weighted by Crippen LogP contribution is 2.16. The van der Waals surface area contributed by atoms with Gasteiger partial charge in [-0.15, -0.1) is 0 Å². The van der Waals surface area contributed by atoms with E-state index in [-0.39, 0.29) is 0 Å². The lowest BCUT2D eigenvalue weighted by Gasteiger charge is -2.08. The van der Waals surface area contributed by atoms with Gasteiger partial charge in [0.05, 0.1) is 11.3 Å². The number of benzene rings is 1. The SMILES string of the molecule is CCCOCCCNc1ccc(C#N)c(N)c1. The van der Waals surface area contributed by atoms with Crippen molar-refractivity contribution >= 4 is 11.4 Å². The van der Waals surface area contributed by atoms with E-state index in [0.717, 1.165) is 38.3 Å². The van der Waals surface area contributed by atoms with Gasteiger partial charge < -0.3 is 15.8 Å². The molecule has 0 heterocycles. The zero-order valence-electron chi connectivity index (χ0n) is 10.2. The second kappa shape index (κ2) is 7.53. The van der Waals surface area contributed by atoms with Crippen LogP contribution in [0.3, 0.4) is 0 Å². The molecule has 17 heavy (non-hydrogen) atoms. The number of anilines is 2. The molecule has 0 unspecified atom stereocenters. The average Bonchev–Trinajstić information content (AvgIpc) is 2.34. The maximum absolute atomic E-state index is 8.74. The van der Waals surface area contributed by atoms with Crippen LogP contribution in [0.4, 0.5) is 11.4 Å². The van der Waals surface area contributed by atoms with Crippen molar-refractivity contribution in [2.24, 2.45) is 0 Å². The molecule has 0 fully saturated rings. The summed E-state index contributed by atoms with van der Waals surface area (Å²) in [6.07, 6.45) is 2.01. The third-order valence-corrected chi connectivity index (χ3v) is 2.32. The van der Waals surface area contributed by atoms with Crippen molar-refractivity contribution in [3.63, 3.8) is 0 Å². The second-order valence-corrected chi connectivity index (χ2v) is 3.81. The summed E-state index contributed by atoms with van der Waals surface area (Å²) in [5, 5.41) is 12.0. The fourth-order valence-corrected chi connectivity index (χ4v) is 1.43. The molecule has 0 aliphatic heterocycles. The van der Waals surface area contributed by atoms with Crippen molar-refractivity contribution in [2.75, 3.05) is 30.8 Å². The Kier molecular flexibility index (Phi) is 5.91. The van der Waals surface area contributed by atoms with Crippen molar-refractivity contribution in [3.05, 3.63) is 23.8 Å². The van der Waals surface area contributed by atoms with Crippen molar-refractivity contribution in [3.8, 4) is 6.07 Å². The van der Waals surface area contributed by atoms with E-state index in [2.05, 4.69) is 12.2 Å². The number of nitrogens with zero attached hydrogens (tertiary/aromatic N) is 1. The predicted octanol–water partition coefficient (Wildman–Crippen LogP) is 2.37. The van der Waals surface area contributed by atoms with Crippen LogP contribution >= 0.6 is 0 Å². The van der Waals surface area contributed by atoms with E-state index >= 15 is 0 Å². The fraction of sp³-hybridized carbons (Fsp3) is 0.462. The number of hydrogen-bond acceptors (Lipinski definition) is 4. The van der Waals surface area contributed by atoms with Crippen LogP contribution < -0.4 is 11.1 Å². The van der Waals surface area contributed by atoms with Crippen molar-refractivity contribution in [1.82, 2.24) is 0 Å². The first-order valence-corrected chi connectivity index (χ1v) is 5.89. The molecule has 0 spiro atoms. The Labute approximate surface area is 102 Å². The van der Waals surface area contributed by atoms with Gasteiger partial charge in [-0.2, -0.15) is 5.26 Å². The number of ether oxygens (including phenoxy) is 1. The molecule has 0 bridgehead atoms. The lowest BCUT2D eigenvalue weighted by molar-refractivity contribution is 0.134. The van der Waals surface area contributed by atoms with Gasteiger partial charge in [0.15, 0.2) is 0 Å². The van der Waals surface area contributed by atoms with Crippen LogP contribution in [0.1, 0.15) is 25.3 Å². The minimum atomic E-state index is 0.514. The summed E-state index contributed by atoms with van der Waals surface area (Å²) in [7, 11) is 0. The quantitative estimate of drug-likeness (QED) is 0.560. The molecule has 0 aliphatic rings. The lowest BCUT2D eigenvalue weighted by Crippen LogP contribution is -2.06. The summed E-state index contributed by atoms with van der Waals surface area (Å²) < 4.78 is 5.37. The molecule has 4 heteroatoms. The average molecular weight is 233 g/mol. The number of nitrogens with two attached hydrogens (primary N) is 1. The van der Waals surface area contributed by atoms with E-state index < -0.39 is 0 Å². The molecule has 0 saturated heterocycles. The predicted molar refractivity (Wildman–Crippen MR) is 69.8 cm³/mol. The molecular formula is C13H19N3O. The Morgan fingerprint density at radius 1 is 1.41 bits per heavy atom. The Bertz CT molecular complexity index is 385. The maximum atomic E-state index is 8.74. The summed E-state index contributed by atoms with van der Waals surface area (Å²) in [5.41, 5.74) is 7.69. The molecule has 0 radical (unpaired) electrons. The second-order valence-electron chi connectivity index (χ2n) is 3.81. The van der Waals surface area contributed by atoms with Crippen molar-refractivity contribution in [2.45, 2.75) is 19.8 Å². The van der Waals surface area contributed by atoms with Crippen LogP contribution in [0.15, 0.2) is 18.2 Å². The van der Waals surface area contributed by atoms with E-state index in [9.17, 15) is 0 Å². The van der Waals surface area contributed by atoms with Gasteiger partial charge >= 0.3 is 0 Å². The largest absolute Gasteiger partial charge is 0.398 e. The van der Waals surface area contributed by atoms with Gasteiger partial charge in [-0.1, -0.05) is 6.92 Å². The molecule has 0 aromatic heterocycles. The van der Waals surface area contributed by atoms with Crippen LogP contribution in [-0.2, 0) is 4.74 Å². The first-order valence-electron chi connectivity index (χ1n) is 5.89. The van der Waals surface area contributed by atoms with Gasteiger partial charge in [-0.3, -0.25) is 0 Å². The first-order chi connectivity index (χ1) is 8.27. The fourth-order valence-electron chi connectivity index (χ4n) is 1.43. The first kappa shape index (κ1) is 13.3. The third-order valence-electron chi connectivity index (χ3n) is 2.32. The molecule has 0 aliphatic carbocycles. The van der Waals surface area contributed by atoms with Crippen LogP contribution in [0.25, 0.3) is 0 Å². The van der Waals surface area contributed by atoms with E-state index in [1.54, 1.807) is 12.1 Å². The Balaban J connectivity index is 2.28. The monoisotopic (exact) mass is 233 g/mol. The topological polar surface area (TPSA) is 71.1 Å². The van der Waals surface area contributed by atoms with Crippen molar-refractivity contribution in [1.29, 1.82) is 5.26 Å². The third kappa shape index (κ3) is 4.75. The normalized spacial score (nSPS) is 9.88. The highest BCUT2D eigenvalue weighted by Gasteiger charge is 1.99. The lowest BCUT2D eigenvalue weighted by atomic mass is 10.2. The van der Waals surface area contributed by atoms with Gasteiger partial charge in [0, 0.05) is 25.4 Å². The Morgan fingerprint density at radius 3 is 2.88 bits per heavy atom. The Hall–Kier alpha value is -1.73. The van der Waals surface area contributed by atoms with E-state index in [0.29, 0.717) is 11.3 Å². The standard InChI is InChI=1S/C13H19N3O/c1-2-7-17-8-3-6-16-12-5-4-11(10-14)13(15)9-12/h4-5,9,16H,2-3,6-8,15H2,1H3. The summed E-state index contributed by atoms with van der Waals surface area (Å²) in [5.74, 6) is 0. The minimum Gasteiger partial charge on any atom is -0.398 e. The van der Waals surface area contributed by atoms with Gasteiger partial charge in [0.1, 0.15) is 6.07 Å². The summed E-state index contributed by atoms with van der Waals surface area (Å²) in [6.45, 7) is 4.53. The molecule has 1 aromatic rings. The van der Waals surface area contributed by atoms with Crippen molar-refractivity contribution < 1.29 is 4.74 Å². The number of hydrogen-bond donors (Lipinski definition) is 2. The van der Waals surface area contributed by atoms with Gasteiger partial charge in [-0.25, -0.2) is 0 Å². The number of nitrogen functional groups attached to an aromatic ring is 1. The maximum Gasteiger partial charge on any atom is 0.101 e. The highest BCUT2D eigenvalue weighted by atomic mass is 16.5. The molecule has 1 aromatic carbocycles. The molecule has 1 rings (SSSR count). The molecule has 0 atom stereocenters. The summed E-state index contributed by atoms with van der Waals surface area (Å²) >= 11 is 0. The molecular weight excluding hydrogens is 214 g/mol. The molecule has 0 saturated carbocycles. The van der Waals surface area contributed by atoms with Crippen LogP contribution in [-0.4, -0.2) is 19.8 Å². The van der Waals surface area contributed by atoms with E-state index in [4.69, 9.17) is 15.7 Å². The molecule has 4 nitrogen and oxygen atoms in total. The van der Waals surface area contributed by atoms with E-state index in [1.165, 1.54) is 0 Å². The zero-order valence-corrected chi connectivity index (χ0v) is 10.2. The number of rotatable bonds is 7. The van der Waals surface area contributed by atoms with Gasteiger partial charge in [0.25, 0.3) is 0 Å². The van der Waals surface area contributed by atoms with Crippen LogP contribution in [0.5, 0.6) is 0 Å². The van der Waals surface area contributed by atoms with E-state index in [1.807, 2.05) is 12.1 Å². The summed E-state index contributed by atoms with van der Waals surface area (Å²) in [6, 6.07) is 7.41.